The molecule has 4 heteroatoms. The van der Waals surface area contributed by atoms with E-state index in [0.29, 0.717) is 23.0 Å². The van der Waals surface area contributed by atoms with Crippen LogP contribution in [0.2, 0.25) is 0 Å². The third-order valence-corrected chi connectivity index (χ3v) is 2.66. The fourth-order valence-electron chi connectivity index (χ4n) is 1.58. The van der Waals surface area contributed by atoms with Crippen molar-refractivity contribution in [2.24, 2.45) is 0 Å². The zero-order chi connectivity index (χ0) is 11.9. The summed E-state index contributed by atoms with van der Waals surface area (Å²) in [4.78, 5) is 22.7. The van der Waals surface area contributed by atoms with Crippen molar-refractivity contribution in [3.63, 3.8) is 0 Å². The van der Waals surface area contributed by atoms with Gasteiger partial charge in [-0.05, 0) is 26.0 Å². The fourth-order valence-corrected chi connectivity index (χ4v) is 1.58. The molecule has 0 radical (unpaired) electrons. The molecule has 16 heavy (non-hydrogen) atoms. The molecule has 0 aliphatic carbocycles. The molecule has 1 heterocycles. The summed E-state index contributed by atoms with van der Waals surface area (Å²) in [7, 11) is 0. The lowest BCUT2D eigenvalue weighted by Gasteiger charge is -2.05. The predicted molar refractivity (Wildman–Crippen MR) is 59.0 cm³/mol. The standard InChI is InChI=1S/C12H10O4/c1-6-7(2)16-12-8(11(6)15)3-4-10(14)9(12)5-13/h3-5,14H,1-2H3. The van der Waals surface area contributed by atoms with Gasteiger partial charge in [-0.15, -0.1) is 0 Å². The van der Waals surface area contributed by atoms with Crippen LogP contribution in [0.1, 0.15) is 21.7 Å². The quantitative estimate of drug-likeness (QED) is 0.742. The van der Waals surface area contributed by atoms with E-state index in [1.807, 2.05) is 0 Å². The SMILES string of the molecule is Cc1oc2c(C=O)c(O)ccc2c(=O)c1C. The lowest BCUT2D eigenvalue weighted by molar-refractivity contribution is 0.112. The van der Waals surface area contributed by atoms with Gasteiger partial charge in [0.2, 0.25) is 0 Å². The monoisotopic (exact) mass is 218 g/mol. The molecule has 0 saturated heterocycles. The van der Waals surface area contributed by atoms with Crippen molar-refractivity contribution in [1.29, 1.82) is 0 Å². The van der Waals surface area contributed by atoms with Crippen molar-refractivity contribution >= 4 is 17.3 Å². The first-order valence-corrected chi connectivity index (χ1v) is 4.77. The summed E-state index contributed by atoms with van der Waals surface area (Å²) < 4.78 is 5.38. The van der Waals surface area contributed by atoms with Gasteiger partial charge in [0.25, 0.3) is 0 Å². The number of phenolic OH excluding ortho intramolecular Hbond substituents is 1. The van der Waals surface area contributed by atoms with Gasteiger partial charge in [0.05, 0.1) is 10.9 Å². The highest BCUT2D eigenvalue weighted by Gasteiger charge is 2.13. The van der Waals surface area contributed by atoms with Gasteiger partial charge in [-0.3, -0.25) is 9.59 Å². The van der Waals surface area contributed by atoms with Crippen molar-refractivity contribution in [2.75, 3.05) is 0 Å². The Kier molecular flexibility index (Phi) is 2.27. The van der Waals surface area contributed by atoms with E-state index in [4.69, 9.17) is 4.42 Å². The third-order valence-electron chi connectivity index (χ3n) is 2.66. The molecule has 0 fully saturated rings. The molecular weight excluding hydrogens is 208 g/mol. The molecule has 82 valence electrons. The van der Waals surface area contributed by atoms with E-state index < -0.39 is 0 Å². The number of fused-ring (bicyclic) bond motifs is 1. The second-order valence-corrected chi connectivity index (χ2v) is 3.61. The first-order valence-electron chi connectivity index (χ1n) is 4.77. The number of aromatic hydroxyl groups is 1. The topological polar surface area (TPSA) is 67.5 Å². The van der Waals surface area contributed by atoms with Gasteiger partial charge < -0.3 is 9.52 Å². The van der Waals surface area contributed by atoms with Crippen LogP contribution >= 0.6 is 0 Å². The lowest BCUT2D eigenvalue weighted by atomic mass is 10.1. The number of benzene rings is 1. The predicted octanol–water partition coefficient (Wildman–Crippen LogP) is 1.93. The fraction of sp³-hybridized carbons (Fsp3) is 0.167. The number of carbonyl (C=O) groups is 1. The summed E-state index contributed by atoms with van der Waals surface area (Å²) >= 11 is 0. The maximum absolute atomic E-state index is 11.9. The van der Waals surface area contributed by atoms with Crippen LogP contribution in [-0.4, -0.2) is 11.4 Å². The van der Waals surface area contributed by atoms with Gasteiger partial charge in [0, 0.05) is 5.56 Å². The summed E-state index contributed by atoms with van der Waals surface area (Å²) in [5, 5.41) is 9.77. The normalized spacial score (nSPS) is 10.6. The molecule has 0 atom stereocenters. The summed E-state index contributed by atoms with van der Waals surface area (Å²) in [6, 6.07) is 2.77. The maximum Gasteiger partial charge on any atom is 0.195 e. The Morgan fingerprint density at radius 3 is 2.62 bits per heavy atom. The summed E-state index contributed by atoms with van der Waals surface area (Å²) in [5.74, 6) is 0.264. The van der Waals surface area contributed by atoms with E-state index in [9.17, 15) is 14.7 Å². The molecular formula is C12H10O4. The van der Waals surface area contributed by atoms with Crippen LogP contribution in [0.4, 0.5) is 0 Å². The average molecular weight is 218 g/mol. The van der Waals surface area contributed by atoms with Crippen LogP contribution < -0.4 is 5.43 Å². The smallest absolute Gasteiger partial charge is 0.195 e. The second kappa shape index (κ2) is 3.48. The number of carbonyl (C=O) groups excluding carboxylic acids is 1. The number of aldehydes is 1. The van der Waals surface area contributed by atoms with Crippen molar-refractivity contribution in [2.45, 2.75) is 13.8 Å². The Morgan fingerprint density at radius 1 is 1.31 bits per heavy atom. The van der Waals surface area contributed by atoms with Crippen molar-refractivity contribution in [3.05, 3.63) is 39.2 Å². The van der Waals surface area contributed by atoms with E-state index in [0.717, 1.165) is 0 Å². The molecule has 0 aliphatic heterocycles. The molecule has 1 N–H and O–H groups in total. The Labute approximate surface area is 91.1 Å². The van der Waals surface area contributed by atoms with E-state index in [2.05, 4.69) is 0 Å². The minimum atomic E-state index is -0.186. The second-order valence-electron chi connectivity index (χ2n) is 3.61. The Balaban J connectivity index is 3.07. The lowest BCUT2D eigenvalue weighted by Crippen LogP contribution is -2.08. The minimum Gasteiger partial charge on any atom is -0.507 e. The molecule has 1 aromatic heterocycles. The van der Waals surface area contributed by atoms with Crippen LogP contribution in [0, 0.1) is 13.8 Å². The zero-order valence-corrected chi connectivity index (χ0v) is 8.90. The Hall–Kier alpha value is -2.10. The molecule has 0 saturated carbocycles. The highest BCUT2D eigenvalue weighted by Crippen LogP contribution is 2.25. The first kappa shape index (κ1) is 10.4. The molecule has 4 nitrogen and oxygen atoms in total. The van der Waals surface area contributed by atoms with Crippen LogP contribution in [0.3, 0.4) is 0 Å². The van der Waals surface area contributed by atoms with E-state index in [1.165, 1.54) is 12.1 Å². The number of phenols is 1. The number of hydrogen-bond acceptors (Lipinski definition) is 4. The molecule has 0 bridgehead atoms. The molecule has 0 unspecified atom stereocenters. The van der Waals surface area contributed by atoms with E-state index in [1.54, 1.807) is 13.8 Å². The molecule has 0 aliphatic rings. The van der Waals surface area contributed by atoms with Crippen LogP contribution in [0.5, 0.6) is 5.75 Å². The van der Waals surface area contributed by atoms with Gasteiger partial charge in [0.1, 0.15) is 11.5 Å². The third kappa shape index (κ3) is 1.31. The van der Waals surface area contributed by atoms with Crippen LogP contribution in [0.25, 0.3) is 11.0 Å². The minimum absolute atomic E-state index is 0.0118. The van der Waals surface area contributed by atoms with Gasteiger partial charge in [-0.2, -0.15) is 0 Å². The summed E-state index contributed by atoms with van der Waals surface area (Å²) in [6.07, 6.45) is 0.482. The summed E-state index contributed by atoms with van der Waals surface area (Å²) in [5.41, 5.74) is 0.484. The highest BCUT2D eigenvalue weighted by atomic mass is 16.3. The van der Waals surface area contributed by atoms with Gasteiger partial charge in [-0.1, -0.05) is 0 Å². The van der Waals surface area contributed by atoms with Gasteiger partial charge in [0.15, 0.2) is 17.3 Å². The van der Waals surface area contributed by atoms with Gasteiger partial charge >= 0.3 is 0 Å². The number of aryl methyl sites for hydroxylation is 1. The molecule has 1 aromatic carbocycles. The van der Waals surface area contributed by atoms with Crippen molar-refractivity contribution < 1.29 is 14.3 Å². The maximum atomic E-state index is 11.9. The summed E-state index contributed by atoms with van der Waals surface area (Å²) in [6.45, 7) is 3.31. The average Bonchev–Trinajstić information content (AvgIpc) is 2.26. The van der Waals surface area contributed by atoms with E-state index in [-0.39, 0.29) is 22.3 Å². The molecule has 2 aromatic rings. The first-order chi connectivity index (χ1) is 7.56. The number of rotatable bonds is 1. The van der Waals surface area contributed by atoms with Crippen molar-refractivity contribution in [1.82, 2.24) is 0 Å². The van der Waals surface area contributed by atoms with Gasteiger partial charge in [-0.25, -0.2) is 0 Å². The van der Waals surface area contributed by atoms with Crippen LogP contribution in [0.15, 0.2) is 21.3 Å². The number of hydrogen-bond donors (Lipinski definition) is 1. The molecule has 0 amide bonds. The van der Waals surface area contributed by atoms with Crippen molar-refractivity contribution in [3.8, 4) is 5.75 Å². The Morgan fingerprint density at radius 2 is 2.00 bits per heavy atom. The Bertz CT molecular complexity index is 637. The van der Waals surface area contributed by atoms with E-state index >= 15 is 0 Å². The zero-order valence-electron chi connectivity index (χ0n) is 8.90. The molecule has 2 rings (SSSR count). The molecule has 0 spiro atoms. The van der Waals surface area contributed by atoms with Crippen LogP contribution in [-0.2, 0) is 0 Å². The highest BCUT2D eigenvalue weighted by molar-refractivity contribution is 5.97. The largest absolute Gasteiger partial charge is 0.507 e.